The van der Waals surface area contributed by atoms with Crippen LogP contribution in [0.1, 0.15) is 0 Å². The van der Waals surface area contributed by atoms with Crippen LogP contribution in [0.5, 0.6) is 0 Å². The summed E-state index contributed by atoms with van der Waals surface area (Å²) in [4.78, 5) is 25.8. The first-order valence-corrected chi connectivity index (χ1v) is 20.6. The van der Waals surface area contributed by atoms with E-state index in [1.54, 1.807) is 0 Å². The van der Waals surface area contributed by atoms with E-state index in [0.29, 0.717) is 34.6 Å². The Balaban J connectivity index is 1.03. The summed E-state index contributed by atoms with van der Waals surface area (Å²) in [7, 11) is 0. The molecular weight excluding hydrogens is 763 g/mol. The van der Waals surface area contributed by atoms with Gasteiger partial charge in [-0.3, -0.25) is 0 Å². The number of rotatable bonds is 5. The Morgan fingerprint density at radius 2 is 0.806 bits per heavy atom. The van der Waals surface area contributed by atoms with Crippen LogP contribution in [0.25, 0.3) is 133 Å². The third-order valence-corrected chi connectivity index (χ3v) is 11.9. The third-order valence-electron chi connectivity index (χ3n) is 11.9. The van der Waals surface area contributed by atoms with Crippen LogP contribution >= 0.6 is 0 Å². The van der Waals surface area contributed by atoms with Gasteiger partial charge in [0.15, 0.2) is 28.9 Å². The average Bonchev–Trinajstić information content (AvgIpc) is 3.92. The summed E-state index contributed by atoms with van der Waals surface area (Å²) in [5, 5.41) is 9.93. The molecule has 4 heterocycles. The van der Waals surface area contributed by atoms with Gasteiger partial charge in [-0.05, 0) is 74.8 Å². The number of hydrogen-bond acceptors (Lipinski definition) is 7. The molecule has 0 saturated heterocycles. The second-order valence-corrected chi connectivity index (χ2v) is 15.6. The fraction of sp³-hybridized carbons (Fsp3) is 0. The SMILES string of the molecule is c1ccc(-c2nc(-c3ccc4c5ccccc5c5ccccc5c4c3)nc(-c3cccc4oc5ccc(-c6nc(-c7ccccc7)nc7c6oc6ccccc67)cc5c34)n2)cc1. The molecule has 0 aliphatic rings. The van der Waals surface area contributed by atoms with Crippen molar-refractivity contribution < 1.29 is 8.83 Å². The first-order valence-electron chi connectivity index (χ1n) is 20.6. The van der Waals surface area contributed by atoms with Crippen molar-refractivity contribution in [3.63, 3.8) is 0 Å². The molecule has 0 N–H and O–H groups in total. The second-order valence-electron chi connectivity index (χ2n) is 15.6. The summed E-state index contributed by atoms with van der Waals surface area (Å²) in [6.07, 6.45) is 0. The van der Waals surface area contributed by atoms with Crippen LogP contribution in [0, 0.1) is 0 Å². The van der Waals surface area contributed by atoms with Gasteiger partial charge in [-0.2, -0.15) is 0 Å². The Kier molecular flexibility index (Phi) is 7.47. The number of nitrogens with zero attached hydrogens (tertiary/aromatic N) is 5. The maximum absolute atomic E-state index is 6.56. The van der Waals surface area contributed by atoms with Gasteiger partial charge in [-0.1, -0.05) is 146 Å². The average molecular weight is 794 g/mol. The summed E-state index contributed by atoms with van der Waals surface area (Å²) in [6, 6.07) is 64.1. The molecular formula is C55H31N5O2. The molecule has 0 unspecified atom stereocenters. The van der Waals surface area contributed by atoms with Gasteiger partial charge in [0.2, 0.25) is 0 Å². The Bertz CT molecular complexity index is 3900. The summed E-state index contributed by atoms with van der Waals surface area (Å²) in [5.41, 5.74) is 8.74. The number of hydrogen-bond donors (Lipinski definition) is 0. The van der Waals surface area contributed by atoms with E-state index in [9.17, 15) is 0 Å². The van der Waals surface area contributed by atoms with Crippen molar-refractivity contribution in [2.75, 3.05) is 0 Å². The molecule has 0 atom stereocenters. The third kappa shape index (κ3) is 5.35. The van der Waals surface area contributed by atoms with Crippen molar-refractivity contribution in [2.45, 2.75) is 0 Å². The molecule has 13 aromatic rings. The smallest absolute Gasteiger partial charge is 0.180 e. The van der Waals surface area contributed by atoms with Crippen LogP contribution in [-0.4, -0.2) is 24.9 Å². The maximum atomic E-state index is 6.56. The molecule has 4 aromatic heterocycles. The lowest BCUT2D eigenvalue weighted by molar-refractivity contribution is 0.666. The molecule has 0 fully saturated rings. The van der Waals surface area contributed by atoms with E-state index in [0.717, 1.165) is 71.6 Å². The van der Waals surface area contributed by atoms with Crippen LogP contribution in [0.2, 0.25) is 0 Å². The van der Waals surface area contributed by atoms with Crippen LogP contribution in [-0.2, 0) is 0 Å². The summed E-state index contributed by atoms with van der Waals surface area (Å²) < 4.78 is 13.1. The van der Waals surface area contributed by atoms with Gasteiger partial charge in [0.1, 0.15) is 28.0 Å². The number of para-hydroxylation sites is 1. The Morgan fingerprint density at radius 3 is 1.52 bits per heavy atom. The zero-order valence-corrected chi connectivity index (χ0v) is 33.0. The van der Waals surface area contributed by atoms with Gasteiger partial charge in [0.25, 0.3) is 0 Å². The second kappa shape index (κ2) is 13.5. The molecule has 9 aromatic carbocycles. The van der Waals surface area contributed by atoms with Crippen molar-refractivity contribution in [1.29, 1.82) is 0 Å². The van der Waals surface area contributed by atoms with Crippen LogP contribution < -0.4 is 0 Å². The number of aromatic nitrogens is 5. The minimum atomic E-state index is 0.545. The molecule has 0 radical (unpaired) electrons. The highest BCUT2D eigenvalue weighted by atomic mass is 16.3. The van der Waals surface area contributed by atoms with Crippen molar-refractivity contribution in [3.8, 4) is 56.8 Å². The topological polar surface area (TPSA) is 90.7 Å². The lowest BCUT2D eigenvalue weighted by atomic mass is 9.93. The Hall–Kier alpha value is -8.55. The van der Waals surface area contributed by atoms with Gasteiger partial charge >= 0.3 is 0 Å². The van der Waals surface area contributed by atoms with Crippen LogP contribution in [0.15, 0.2) is 197 Å². The van der Waals surface area contributed by atoms with Crippen molar-refractivity contribution in [1.82, 2.24) is 24.9 Å². The van der Waals surface area contributed by atoms with Gasteiger partial charge in [-0.15, -0.1) is 0 Å². The van der Waals surface area contributed by atoms with Gasteiger partial charge in [0.05, 0.1) is 0 Å². The number of fused-ring (bicyclic) bond motifs is 12. The lowest BCUT2D eigenvalue weighted by Crippen LogP contribution is -2.00. The summed E-state index contributed by atoms with van der Waals surface area (Å²) >= 11 is 0. The van der Waals surface area contributed by atoms with E-state index in [-0.39, 0.29) is 0 Å². The van der Waals surface area contributed by atoms with E-state index >= 15 is 0 Å². The van der Waals surface area contributed by atoms with E-state index in [4.69, 9.17) is 33.8 Å². The van der Waals surface area contributed by atoms with Gasteiger partial charge in [-0.25, -0.2) is 24.9 Å². The molecule has 0 aliphatic heterocycles. The fourth-order valence-electron chi connectivity index (χ4n) is 9.05. The van der Waals surface area contributed by atoms with E-state index in [2.05, 4.69) is 78.9 Å². The van der Waals surface area contributed by atoms with Crippen LogP contribution in [0.4, 0.5) is 0 Å². The van der Waals surface area contributed by atoms with Crippen molar-refractivity contribution in [2.24, 2.45) is 0 Å². The molecule has 0 bridgehead atoms. The molecule has 7 heteroatoms. The van der Waals surface area contributed by atoms with Crippen molar-refractivity contribution in [3.05, 3.63) is 188 Å². The predicted molar refractivity (Wildman–Crippen MR) is 250 cm³/mol. The molecule has 62 heavy (non-hydrogen) atoms. The molecule has 0 saturated carbocycles. The van der Waals surface area contributed by atoms with Gasteiger partial charge < -0.3 is 8.83 Å². The Labute approximate surface area is 353 Å². The predicted octanol–water partition coefficient (Wildman–Crippen LogP) is 14.3. The van der Waals surface area contributed by atoms with E-state index in [1.807, 2.05) is 109 Å². The van der Waals surface area contributed by atoms with E-state index in [1.165, 1.54) is 26.9 Å². The maximum Gasteiger partial charge on any atom is 0.180 e. The Morgan fingerprint density at radius 1 is 0.290 bits per heavy atom. The highest BCUT2D eigenvalue weighted by Crippen LogP contribution is 2.42. The monoisotopic (exact) mass is 793 g/mol. The molecule has 288 valence electrons. The minimum Gasteiger partial charge on any atom is -0.456 e. The first-order chi connectivity index (χ1) is 30.7. The largest absolute Gasteiger partial charge is 0.456 e. The minimum absolute atomic E-state index is 0.545. The molecule has 13 rings (SSSR count). The molecule has 0 aliphatic carbocycles. The first kappa shape index (κ1) is 34.3. The van der Waals surface area contributed by atoms with Crippen LogP contribution in [0.3, 0.4) is 0 Å². The summed E-state index contributed by atoms with van der Waals surface area (Å²) in [5.74, 6) is 2.34. The molecule has 0 amide bonds. The van der Waals surface area contributed by atoms with Crippen molar-refractivity contribution >= 4 is 76.3 Å². The van der Waals surface area contributed by atoms with E-state index < -0.39 is 0 Å². The molecule has 0 spiro atoms. The number of furan rings is 2. The highest BCUT2D eigenvalue weighted by molar-refractivity contribution is 6.25. The summed E-state index contributed by atoms with van der Waals surface area (Å²) in [6.45, 7) is 0. The standard InChI is InChI=1S/C55H31N5O2/c1-3-14-32(15-4-1)52-56-49(51-50(57-52)41-22-11-12-24-45(41)62-51)34-27-29-46-44(30-34)48-42(23-13-25-47(48)61-46)55-59-53(33-16-5-2-6-17-33)58-54(60-55)35-26-28-40-38-20-8-7-18-36(38)37-19-9-10-21-39(37)43(40)31-35/h1-31H. The number of benzene rings is 9. The van der Waals surface area contributed by atoms with Gasteiger partial charge in [0, 0.05) is 44.0 Å². The zero-order chi connectivity index (χ0) is 40.7. The molecule has 7 nitrogen and oxygen atoms in total. The highest BCUT2D eigenvalue weighted by Gasteiger charge is 2.22. The quantitative estimate of drug-likeness (QED) is 0.160. The normalized spacial score (nSPS) is 11.9. The fourth-order valence-corrected chi connectivity index (χ4v) is 9.05. The lowest BCUT2D eigenvalue weighted by Gasteiger charge is -2.13. The zero-order valence-electron chi connectivity index (χ0n) is 33.0.